The number of nitrogens with zero attached hydrogens (tertiary/aromatic N) is 3. The molecule has 4 unspecified atom stereocenters. The summed E-state index contributed by atoms with van der Waals surface area (Å²) >= 11 is 0. The molecule has 5 nitrogen and oxygen atoms in total. The molecule has 2 N–H and O–H groups in total. The molecule has 116 valence electrons. The van der Waals surface area contributed by atoms with Gasteiger partial charge in [0.2, 0.25) is 11.7 Å². The average molecular weight is 306 g/mol. The Kier molecular flexibility index (Phi) is 2.79. The van der Waals surface area contributed by atoms with Crippen LogP contribution < -0.4 is 5.73 Å². The maximum Gasteiger partial charge on any atom is 0.231 e. The molecule has 2 aromatic heterocycles. The molecule has 4 atom stereocenters. The molecule has 2 aliphatic carbocycles. The third-order valence-electron chi connectivity index (χ3n) is 5.59. The number of nitrogens with two attached hydrogens (primary N) is 1. The van der Waals surface area contributed by atoms with Crippen molar-refractivity contribution in [2.45, 2.75) is 31.2 Å². The fourth-order valence-corrected chi connectivity index (χ4v) is 4.47. The molecule has 5 heteroatoms. The smallest absolute Gasteiger partial charge is 0.231 e. The summed E-state index contributed by atoms with van der Waals surface area (Å²) in [4.78, 5) is 9.13. The van der Waals surface area contributed by atoms with Gasteiger partial charge in [-0.05, 0) is 42.6 Å². The first-order valence-electron chi connectivity index (χ1n) is 8.24. The van der Waals surface area contributed by atoms with E-state index in [0.717, 1.165) is 16.5 Å². The highest BCUT2D eigenvalue weighted by atomic mass is 16.5. The molecule has 0 spiro atoms. The standard InChI is InChI=1S/C18H18N4O/c19-15-12-6-5-11(9-12)14(15)18-21-17(22-23-18)16-13-4-2-1-3-10(13)7-8-20-16/h1-4,7-8,11-12,14-15H,5-6,9,19H2. The minimum atomic E-state index is 0.155. The van der Waals surface area contributed by atoms with Crippen molar-refractivity contribution >= 4 is 10.8 Å². The molecule has 23 heavy (non-hydrogen) atoms. The molecule has 3 aromatic rings. The van der Waals surface area contributed by atoms with E-state index in [1.54, 1.807) is 6.20 Å². The van der Waals surface area contributed by atoms with Gasteiger partial charge in [-0.15, -0.1) is 0 Å². The van der Waals surface area contributed by atoms with Gasteiger partial charge in [0.25, 0.3) is 0 Å². The molecule has 2 heterocycles. The van der Waals surface area contributed by atoms with Gasteiger partial charge in [0.05, 0.1) is 5.92 Å². The number of hydrogen-bond donors (Lipinski definition) is 1. The Morgan fingerprint density at radius 2 is 1.96 bits per heavy atom. The van der Waals surface area contributed by atoms with Gasteiger partial charge in [-0.3, -0.25) is 4.98 Å². The number of hydrogen-bond acceptors (Lipinski definition) is 5. The van der Waals surface area contributed by atoms with Gasteiger partial charge in [-0.25, -0.2) is 0 Å². The van der Waals surface area contributed by atoms with Crippen molar-refractivity contribution in [2.24, 2.45) is 17.6 Å². The lowest BCUT2D eigenvalue weighted by Gasteiger charge is -2.24. The van der Waals surface area contributed by atoms with Crippen LogP contribution in [0.4, 0.5) is 0 Å². The fourth-order valence-electron chi connectivity index (χ4n) is 4.47. The molecule has 0 amide bonds. The largest absolute Gasteiger partial charge is 0.339 e. The van der Waals surface area contributed by atoms with Crippen molar-refractivity contribution in [3.63, 3.8) is 0 Å². The number of pyridine rings is 1. The van der Waals surface area contributed by atoms with Crippen LogP contribution in [0.15, 0.2) is 41.1 Å². The van der Waals surface area contributed by atoms with E-state index in [4.69, 9.17) is 10.3 Å². The Labute approximate surface area is 133 Å². The Hall–Kier alpha value is -2.27. The summed E-state index contributed by atoms with van der Waals surface area (Å²) in [7, 11) is 0. The van der Waals surface area contributed by atoms with Gasteiger partial charge in [0.15, 0.2) is 0 Å². The Morgan fingerprint density at radius 3 is 2.83 bits per heavy atom. The third kappa shape index (κ3) is 1.93. The van der Waals surface area contributed by atoms with Crippen molar-refractivity contribution in [1.29, 1.82) is 0 Å². The van der Waals surface area contributed by atoms with Gasteiger partial charge in [0, 0.05) is 17.6 Å². The van der Waals surface area contributed by atoms with E-state index in [1.165, 1.54) is 19.3 Å². The van der Waals surface area contributed by atoms with Gasteiger partial charge >= 0.3 is 0 Å². The summed E-state index contributed by atoms with van der Waals surface area (Å²) in [5.74, 6) is 2.69. The van der Waals surface area contributed by atoms with Gasteiger partial charge in [0.1, 0.15) is 5.69 Å². The lowest BCUT2D eigenvalue weighted by atomic mass is 9.85. The second kappa shape index (κ2) is 4.86. The number of fused-ring (bicyclic) bond motifs is 3. The molecule has 2 fully saturated rings. The Balaban J connectivity index is 1.57. The first-order valence-corrected chi connectivity index (χ1v) is 8.24. The van der Waals surface area contributed by atoms with Gasteiger partial charge < -0.3 is 10.3 Å². The van der Waals surface area contributed by atoms with E-state index < -0.39 is 0 Å². The molecular formula is C18H18N4O. The van der Waals surface area contributed by atoms with Crippen molar-refractivity contribution in [3.8, 4) is 11.5 Å². The lowest BCUT2D eigenvalue weighted by molar-refractivity contribution is 0.279. The maximum absolute atomic E-state index is 6.39. The van der Waals surface area contributed by atoms with E-state index in [-0.39, 0.29) is 12.0 Å². The minimum Gasteiger partial charge on any atom is -0.339 e. The summed E-state index contributed by atoms with van der Waals surface area (Å²) in [6.45, 7) is 0. The zero-order valence-electron chi connectivity index (χ0n) is 12.7. The average Bonchev–Trinajstić information content (AvgIpc) is 3.30. The van der Waals surface area contributed by atoms with Crippen LogP contribution in [0, 0.1) is 11.8 Å². The molecule has 5 rings (SSSR count). The molecule has 0 saturated heterocycles. The van der Waals surface area contributed by atoms with E-state index in [0.29, 0.717) is 23.6 Å². The second-order valence-corrected chi connectivity index (χ2v) is 6.77. The molecule has 2 bridgehead atoms. The van der Waals surface area contributed by atoms with Crippen LogP contribution in [0.25, 0.3) is 22.3 Å². The summed E-state index contributed by atoms with van der Waals surface area (Å²) < 4.78 is 5.59. The first kappa shape index (κ1) is 13.2. The maximum atomic E-state index is 6.39. The number of aromatic nitrogens is 3. The van der Waals surface area contributed by atoms with Crippen LogP contribution in [0.2, 0.25) is 0 Å². The predicted molar refractivity (Wildman–Crippen MR) is 86.6 cm³/mol. The summed E-state index contributed by atoms with van der Waals surface area (Å²) in [6, 6.07) is 10.3. The van der Waals surface area contributed by atoms with E-state index in [1.807, 2.05) is 24.3 Å². The van der Waals surface area contributed by atoms with Crippen LogP contribution in [0.3, 0.4) is 0 Å². The van der Waals surface area contributed by atoms with Crippen molar-refractivity contribution in [1.82, 2.24) is 15.1 Å². The van der Waals surface area contributed by atoms with Crippen LogP contribution in [0.5, 0.6) is 0 Å². The summed E-state index contributed by atoms with van der Waals surface area (Å²) in [6.07, 6.45) is 5.47. The first-order chi connectivity index (χ1) is 11.3. The zero-order chi connectivity index (χ0) is 15.4. The van der Waals surface area contributed by atoms with E-state index >= 15 is 0 Å². The Bertz CT molecular complexity index is 867. The van der Waals surface area contributed by atoms with Crippen LogP contribution in [-0.2, 0) is 0 Å². The summed E-state index contributed by atoms with van der Waals surface area (Å²) in [5.41, 5.74) is 7.16. The highest BCUT2D eigenvalue weighted by molar-refractivity contribution is 5.92. The van der Waals surface area contributed by atoms with Crippen molar-refractivity contribution in [3.05, 3.63) is 42.4 Å². The van der Waals surface area contributed by atoms with Crippen LogP contribution >= 0.6 is 0 Å². The lowest BCUT2D eigenvalue weighted by Crippen LogP contribution is -2.34. The number of rotatable bonds is 2. The molecule has 0 radical (unpaired) electrons. The number of benzene rings is 1. The summed E-state index contributed by atoms with van der Waals surface area (Å²) in [5, 5.41) is 6.36. The molecule has 2 aliphatic rings. The zero-order valence-corrected chi connectivity index (χ0v) is 12.7. The SMILES string of the molecule is NC1C2CCC(C2)C1c1nc(-c2nccc3ccccc23)no1. The molecule has 2 saturated carbocycles. The normalized spacial score (nSPS) is 29.4. The molecule has 1 aromatic carbocycles. The van der Waals surface area contributed by atoms with Crippen molar-refractivity contribution < 1.29 is 4.52 Å². The van der Waals surface area contributed by atoms with E-state index in [2.05, 4.69) is 21.2 Å². The van der Waals surface area contributed by atoms with Crippen LogP contribution in [0.1, 0.15) is 31.1 Å². The van der Waals surface area contributed by atoms with Crippen LogP contribution in [-0.4, -0.2) is 21.2 Å². The second-order valence-electron chi connectivity index (χ2n) is 6.77. The molecular weight excluding hydrogens is 288 g/mol. The topological polar surface area (TPSA) is 77.8 Å². The highest BCUT2D eigenvalue weighted by Crippen LogP contribution is 2.51. The Morgan fingerprint density at radius 1 is 1.09 bits per heavy atom. The van der Waals surface area contributed by atoms with Crippen molar-refractivity contribution in [2.75, 3.05) is 0 Å². The third-order valence-corrected chi connectivity index (χ3v) is 5.59. The quantitative estimate of drug-likeness (QED) is 0.787. The monoisotopic (exact) mass is 306 g/mol. The molecule has 0 aliphatic heterocycles. The van der Waals surface area contributed by atoms with Gasteiger partial charge in [-0.1, -0.05) is 29.4 Å². The minimum absolute atomic E-state index is 0.155. The fraction of sp³-hybridized carbons (Fsp3) is 0.389. The van der Waals surface area contributed by atoms with E-state index in [9.17, 15) is 0 Å². The van der Waals surface area contributed by atoms with Gasteiger partial charge in [-0.2, -0.15) is 4.98 Å². The highest BCUT2D eigenvalue weighted by Gasteiger charge is 2.48. The predicted octanol–water partition coefficient (Wildman–Crippen LogP) is 3.13.